The van der Waals surface area contributed by atoms with E-state index in [0.29, 0.717) is 125 Å². The number of hydrogen-bond donors (Lipinski definition) is 1. The Kier molecular flexibility index (Phi) is 37.6. The molecule has 12 rings (SSSR count). The van der Waals surface area contributed by atoms with Crippen molar-refractivity contribution in [1.29, 1.82) is 0 Å². The van der Waals surface area contributed by atoms with Crippen LogP contribution < -0.4 is 0 Å². The van der Waals surface area contributed by atoms with Crippen LogP contribution >= 0.6 is 0 Å². The number of rotatable bonds is 33. The molecule has 0 bridgehead atoms. The van der Waals surface area contributed by atoms with E-state index in [1.54, 1.807) is 28.9 Å². The first-order valence-corrected chi connectivity index (χ1v) is 49.5. The molecule has 131 heavy (non-hydrogen) atoms. The van der Waals surface area contributed by atoms with Crippen LogP contribution in [0.5, 0.6) is 0 Å². The van der Waals surface area contributed by atoms with Crippen molar-refractivity contribution in [2.24, 2.45) is 34.5 Å². The average Bonchev–Trinajstić information content (AvgIpc) is 0.816. The lowest BCUT2D eigenvalue weighted by molar-refractivity contribution is -0.241. The van der Waals surface area contributed by atoms with Gasteiger partial charge in [-0.2, -0.15) is 0 Å². The van der Waals surface area contributed by atoms with Crippen LogP contribution in [0, 0.1) is 76.0 Å². The van der Waals surface area contributed by atoms with E-state index in [-0.39, 0.29) is 72.6 Å². The van der Waals surface area contributed by atoms with E-state index in [0.717, 1.165) is 165 Å². The molecule has 0 spiro atoms. The normalized spacial score (nSPS) is 24.4. The lowest BCUT2D eigenvalue weighted by atomic mass is 9.64. The number of fused-ring (bicyclic) bond motifs is 6. The third-order valence-corrected chi connectivity index (χ3v) is 30.1. The highest BCUT2D eigenvalue weighted by atomic mass is 16.7. The molecule has 8 aliphatic rings. The van der Waals surface area contributed by atoms with Gasteiger partial charge in [-0.05, 0) is 344 Å². The van der Waals surface area contributed by atoms with Crippen molar-refractivity contribution in [3.05, 3.63) is 253 Å². The van der Waals surface area contributed by atoms with Crippen molar-refractivity contribution in [2.45, 2.75) is 382 Å². The third-order valence-electron chi connectivity index (χ3n) is 30.1. The summed E-state index contributed by atoms with van der Waals surface area (Å²) in [6, 6.07) is 10.9. The van der Waals surface area contributed by atoms with Gasteiger partial charge < -0.3 is 28.8 Å². The summed E-state index contributed by atoms with van der Waals surface area (Å²) in [5, 5.41) is 8.77. The number of Topliss-reactive ketones (excluding diaryl/α,β-unsaturated/α-hetero) is 2. The molecular formula is C117H156O14. The number of carbonyl (C=O) groups is 8. The van der Waals surface area contributed by atoms with Crippen LogP contribution in [0.4, 0.5) is 0 Å². The van der Waals surface area contributed by atoms with Crippen LogP contribution in [-0.4, -0.2) is 83.1 Å². The summed E-state index contributed by atoms with van der Waals surface area (Å²) in [4.78, 5) is 108. The fourth-order valence-corrected chi connectivity index (χ4v) is 21.2. The number of benzene rings is 4. The summed E-state index contributed by atoms with van der Waals surface area (Å²) in [5.74, 6) is -0.0387. The second-order valence-corrected chi connectivity index (χ2v) is 41.1. The Labute approximate surface area is 785 Å². The molecule has 0 radical (unpaired) electrons. The van der Waals surface area contributed by atoms with E-state index in [1.807, 2.05) is 93.5 Å². The van der Waals surface area contributed by atoms with Gasteiger partial charge in [-0.15, -0.1) is 0 Å². The number of allylic oxidation sites excluding steroid dienone is 20. The Bertz CT molecular complexity index is 5220. The van der Waals surface area contributed by atoms with E-state index >= 15 is 0 Å². The van der Waals surface area contributed by atoms with E-state index in [1.165, 1.54) is 46.3 Å². The summed E-state index contributed by atoms with van der Waals surface area (Å²) < 4.78 is 32.1. The monoisotopic (exact) mass is 1790 g/mol. The molecule has 1 N–H and O–H groups in total. The molecule has 2 aliphatic heterocycles. The molecule has 2 fully saturated rings. The highest BCUT2D eigenvalue weighted by Crippen LogP contribution is 2.53. The van der Waals surface area contributed by atoms with Gasteiger partial charge in [0.2, 0.25) is 0 Å². The second-order valence-electron chi connectivity index (χ2n) is 41.1. The smallest absolute Gasteiger partial charge is 0.306 e. The highest BCUT2D eigenvalue weighted by molar-refractivity contribution is 6.31. The Morgan fingerprint density at radius 2 is 0.786 bits per heavy atom. The maximum atomic E-state index is 14.3. The zero-order chi connectivity index (χ0) is 95.6. The molecule has 0 saturated carbocycles. The standard InChI is InChI=1S/C58H76O7.C33H40O5.C26H40O2/c1-35(2)18-14-19-36(3)20-15-25-44-23-12-13-24-45(31-44)26-16-21-37(4)28-29-50(60)63-34-49(59)58(11)32-47-41(8)54-55(57(62)52-38(5)22-17-27-46(52)56(54)61)42(9)53(47)48(33-58)65-51-30-39(6)40(7)43(10)64-51;1-9-25(34)33(8)14-23-19(5)29-30(32(36)27-16(2)11-10-12-22(27)31(29)35)20(6)28(23)24(15-33)38-26-13-17(3)18(4)21(7)37-26;1-21(2)10-7-11-22(3)12-8-16-24-14-5-6-15-25(20-24)17-9-13-23(4)18-19-26(27)28/h17-18,20-24,27,39-40,43,48,51H,12-16,19,25-26,28-34H2,1-11H3;10-12,17-18,21,24,26H,9,13-15H2,1-8H3;10,12-15H,5-9,11,16-20H2,1-4H3,(H,27,28)/b36-20+,37-21+;;22-12+,23-13+. The minimum absolute atomic E-state index is 0.0117. The van der Waals surface area contributed by atoms with Crippen LogP contribution in [0.3, 0.4) is 0 Å². The number of carboxylic acids is 1. The van der Waals surface area contributed by atoms with E-state index in [4.69, 9.17) is 28.8 Å². The third kappa shape index (κ3) is 26.6. The number of aliphatic carboxylic acids is 1. The van der Waals surface area contributed by atoms with Crippen LogP contribution in [0.15, 0.2) is 153 Å². The Morgan fingerprint density at radius 3 is 1.14 bits per heavy atom. The fourth-order valence-electron chi connectivity index (χ4n) is 21.2. The van der Waals surface area contributed by atoms with Crippen LogP contribution in [-0.2, 0) is 55.7 Å². The number of aryl methyl sites for hydroxylation is 2. The van der Waals surface area contributed by atoms with Gasteiger partial charge >= 0.3 is 11.9 Å². The molecular weight excluding hydrogens is 1630 g/mol. The summed E-state index contributed by atoms with van der Waals surface area (Å²) in [7, 11) is 0. The Hall–Kier alpha value is -8.92. The van der Waals surface area contributed by atoms with Gasteiger partial charge in [-0.25, -0.2) is 0 Å². The van der Waals surface area contributed by atoms with Gasteiger partial charge in [-0.1, -0.05) is 201 Å². The summed E-state index contributed by atoms with van der Waals surface area (Å²) >= 11 is 0. The van der Waals surface area contributed by atoms with Gasteiger partial charge in [0.1, 0.15) is 5.78 Å². The predicted molar refractivity (Wildman–Crippen MR) is 530 cm³/mol. The molecule has 0 aromatic heterocycles. The molecule has 2 saturated heterocycles. The van der Waals surface area contributed by atoms with Crippen molar-refractivity contribution in [3.8, 4) is 0 Å². The number of hydrogen-bond acceptors (Lipinski definition) is 13. The number of carbonyl (C=O) groups excluding carboxylic acids is 7. The van der Waals surface area contributed by atoms with Crippen molar-refractivity contribution in [1.82, 2.24) is 0 Å². The van der Waals surface area contributed by atoms with Crippen LogP contribution in [0.25, 0.3) is 0 Å². The van der Waals surface area contributed by atoms with Gasteiger partial charge in [0.15, 0.2) is 48.1 Å². The molecule has 0 amide bonds. The number of esters is 1. The molecule has 6 aliphatic carbocycles. The van der Waals surface area contributed by atoms with Crippen molar-refractivity contribution < 1.29 is 67.1 Å². The highest BCUT2D eigenvalue weighted by Gasteiger charge is 2.50. The van der Waals surface area contributed by atoms with Crippen molar-refractivity contribution >= 4 is 46.6 Å². The molecule has 4 aromatic rings. The van der Waals surface area contributed by atoms with Gasteiger partial charge in [0.25, 0.3) is 0 Å². The molecule has 14 nitrogen and oxygen atoms in total. The Morgan fingerprint density at radius 1 is 0.435 bits per heavy atom. The molecule has 12 unspecified atom stereocenters. The topological polar surface area (TPSA) is 203 Å². The lowest BCUT2D eigenvalue weighted by Crippen LogP contribution is -2.43. The number of ketones is 6. The maximum absolute atomic E-state index is 14.3. The van der Waals surface area contributed by atoms with Crippen molar-refractivity contribution in [2.75, 3.05) is 6.61 Å². The quantitative estimate of drug-likeness (QED) is 0.0301. The average molecular weight is 1790 g/mol. The largest absolute Gasteiger partial charge is 0.481 e. The molecule has 708 valence electrons. The summed E-state index contributed by atoms with van der Waals surface area (Å²) in [6.07, 6.45) is 47.0. The summed E-state index contributed by atoms with van der Waals surface area (Å²) in [6.45, 7) is 47.2. The second kappa shape index (κ2) is 47.3. The van der Waals surface area contributed by atoms with Crippen LogP contribution in [0.1, 0.15) is 423 Å². The first-order chi connectivity index (χ1) is 62.1. The van der Waals surface area contributed by atoms with E-state index < -0.39 is 41.3 Å². The Balaban J connectivity index is 0.000000227. The first kappa shape index (κ1) is 104. The number of ether oxygens (including phenoxy) is 5. The number of carboxylic acid groups (broad SMARTS) is 1. The molecule has 14 heteroatoms. The van der Waals surface area contributed by atoms with Crippen LogP contribution in [0.2, 0.25) is 0 Å². The fraction of sp³-hybridized carbons (Fsp3) is 0.556. The lowest BCUT2D eigenvalue weighted by Gasteiger charge is -2.44. The molecule has 4 aromatic carbocycles. The van der Waals surface area contributed by atoms with Gasteiger partial charge in [0.05, 0.1) is 24.4 Å². The van der Waals surface area contributed by atoms with E-state index in [9.17, 15) is 38.4 Å². The SMILES string of the molecule is CC(C)=CCC/C(C)=C/CCC1=CCCC=C(CC/C=C(\C)CCC(=O)O)C1.CC(C)=CCC/C(C)=C/CCC1=CCCC=C(CC/C=C(\C)CCC(=O)OCC(=O)C2(C)Cc3c(C)c4c(c(C)c3C(OC3CC(C)C(C)C(C)O3)C2)C(=O)c2c(C)cccc2C4=O)C1.CCC(=O)C1(C)Cc2c(C)c3c(c(C)c2C(OC2CC(C)C(C)C(C)O2)C1)C(=O)c1c(C)cccc1C3=O. The molecule has 2 heterocycles. The van der Waals surface area contributed by atoms with Gasteiger partial charge in [-0.3, -0.25) is 38.4 Å². The summed E-state index contributed by atoms with van der Waals surface area (Å²) in [5.41, 5.74) is 24.6. The van der Waals surface area contributed by atoms with E-state index in [2.05, 4.69) is 151 Å². The van der Waals surface area contributed by atoms with Gasteiger partial charge in [0, 0.05) is 87.4 Å². The predicted octanol–water partition coefficient (Wildman–Crippen LogP) is 28.8. The zero-order valence-corrected chi connectivity index (χ0v) is 84.0. The first-order valence-electron chi connectivity index (χ1n) is 49.5. The van der Waals surface area contributed by atoms with Crippen molar-refractivity contribution in [3.63, 3.8) is 0 Å². The minimum Gasteiger partial charge on any atom is -0.481 e. The maximum Gasteiger partial charge on any atom is 0.306 e. The zero-order valence-electron chi connectivity index (χ0n) is 84.0. The molecule has 12 atom stereocenters. The minimum atomic E-state index is -0.961.